The van der Waals surface area contributed by atoms with Crippen LogP contribution in [0.2, 0.25) is 0 Å². The van der Waals surface area contributed by atoms with Crippen molar-refractivity contribution in [2.75, 3.05) is 0 Å². The molecule has 10 nitrogen and oxygen atoms in total. The van der Waals surface area contributed by atoms with Gasteiger partial charge in [-0.15, -0.1) is 0 Å². The van der Waals surface area contributed by atoms with Gasteiger partial charge in [-0.05, 0) is 93.1 Å². The molecule has 2 heterocycles. The maximum absolute atomic E-state index is 10.9. The van der Waals surface area contributed by atoms with Gasteiger partial charge in [0.2, 0.25) is 11.4 Å². The van der Waals surface area contributed by atoms with E-state index in [2.05, 4.69) is 41.5 Å². The van der Waals surface area contributed by atoms with E-state index in [0.717, 1.165) is 0 Å². The van der Waals surface area contributed by atoms with Gasteiger partial charge in [0.1, 0.15) is 12.1 Å². The quantitative estimate of drug-likeness (QED) is 0.136. The van der Waals surface area contributed by atoms with E-state index in [1.54, 1.807) is 60.9 Å². The Morgan fingerprint density at radius 1 is 0.556 bits per heavy atom. The second-order valence-corrected chi connectivity index (χ2v) is 11.8. The number of benzene rings is 3. The minimum Gasteiger partial charge on any atom is -0.258 e. The van der Waals surface area contributed by atoms with Gasteiger partial charge in [-0.3, -0.25) is 9.97 Å². The zero-order valence-electron chi connectivity index (χ0n) is 27.7. The summed E-state index contributed by atoms with van der Waals surface area (Å²) in [5.41, 5.74) is 5.50. The second kappa shape index (κ2) is 13.6. The third-order valence-electron chi connectivity index (χ3n) is 8.90. The Morgan fingerprint density at radius 2 is 1.15 bits per heavy atom. The molecule has 242 valence electrons. The first-order valence-corrected chi connectivity index (χ1v) is 15.8. The zero-order valence-corrected chi connectivity index (χ0v) is 27.7. The molecule has 0 spiro atoms. The number of hydrogen-bond donors (Lipinski definition) is 0. The van der Waals surface area contributed by atoms with Crippen LogP contribution in [-0.2, 0) is 0 Å². The van der Waals surface area contributed by atoms with E-state index in [1.807, 2.05) is 12.1 Å². The van der Waals surface area contributed by atoms with Crippen LogP contribution < -0.4 is 0 Å². The van der Waals surface area contributed by atoms with Gasteiger partial charge in [-0.1, -0.05) is 36.4 Å². The number of allylic oxidation sites excluding steroid dienone is 6. The van der Waals surface area contributed by atoms with Gasteiger partial charge >= 0.3 is 0 Å². The van der Waals surface area contributed by atoms with Crippen LogP contribution in [0.5, 0.6) is 0 Å². The molecule has 10 heteroatoms. The molecule has 0 unspecified atom stereocenters. The molecule has 0 atom stereocenters. The Morgan fingerprint density at radius 3 is 1.65 bits per heavy atom. The smallest absolute Gasteiger partial charge is 0.204 e. The maximum Gasteiger partial charge on any atom is 0.204 e. The lowest BCUT2D eigenvalue weighted by molar-refractivity contribution is 1.28. The monoisotopic (exact) mass is 684 g/mol. The molecule has 2 aliphatic rings. The molecule has 2 aliphatic carbocycles. The number of nitriles is 4. The van der Waals surface area contributed by atoms with E-state index < -0.39 is 0 Å². The third kappa shape index (κ3) is 5.31. The van der Waals surface area contributed by atoms with Crippen LogP contribution in [0.3, 0.4) is 0 Å². The van der Waals surface area contributed by atoms with Crippen LogP contribution in [0, 0.1) is 71.6 Å². The molecule has 54 heavy (non-hydrogen) atoms. The van der Waals surface area contributed by atoms with E-state index in [1.165, 1.54) is 36.4 Å². The molecular weight excluding hydrogens is 669 g/mol. The predicted octanol–water partition coefficient (Wildman–Crippen LogP) is 9.79. The molecule has 0 saturated heterocycles. The number of hydrogen-bond acceptors (Lipinski definition) is 6. The lowest BCUT2D eigenvalue weighted by atomic mass is 9.88. The van der Waals surface area contributed by atoms with Crippen LogP contribution >= 0.6 is 0 Å². The summed E-state index contributed by atoms with van der Waals surface area (Å²) in [4.78, 5) is 24.0. The molecule has 7 rings (SSSR count). The normalized spacial score (nSPS) is 14.1. The standard InChI is InChI=1S/C44H16N10/c1-49-29-16-27(17-30(18-29)50-2)35(23-47)39-33-20-32-31(19-34(33)44(52-4)42(39)38-10-6-8-12-54-38)36(24-48)40(37-9-5-7-11-53-37)41(32)43(51-3)28-14-25(21-45)13-26(15-28)22-46/h5-20H/b39-35-,43-41+. The van der Waals surface area contributed by atoms with E-state index in [9.17, 15) is 21.0 Å². The topological polar surface area (TPSA) is 138 Å². The Bertz CT molecular complexity index is 2730. The number of aromatic nitrogens is 2. The molecule has 3 aromatic carbocycles. The first kappa shape index (κ1) is 33.3. The highest BCUT2D eigenvalue weighted by molar-refractivity contribution is 6.33. The number of fused-ring (bicyclic) bond motifs is 2. The largest absolute Gasteiger partial charge is 0.258 e. The molecule has 0 radical (unpaired) electrons. The van der Waals surface area contributed by atoms with Gasteiger partial charge in [-0.25, -0.2) is 19.4 Å². The average Bonchev–Trinajstić information content (AvgIpc) is 3.72. The van der Waals surface area contributed by atoms with E-state index in [4.69, 9.17) is 26.3 Å². The fourth-order valence-electron chi connectivity index (χ4n) is 6.75. The van der Waals surface area contributed by atoms with Crippen LogP contribution in [0.1, 0.15) is 55.9 Å². The molecule has 0 amide bonds. The lowest BCUT2D eigenvalue weighted by Crippen LogP contribution is -1.97. The molecule has 0 aliphatic heterocycles. The molecule has 0 saturated carbocycles. The SMILES string of the molecule is [C-]#[N+]C1=C(c2ccccn2)/C(=C(/C#N)c2cc([N+]#[C-])cc([N+]#[C-])c2)c2cc3c(cc21)C(C#N)=C(c1ccccn1)/C3=C(/[N+]#[C-])c1cc(C#N)cc(C#N)c1. The van der Waals surface area contributed by atoms with Gasteiger partial charge in [0.05, 0.1) is 72.1 Å². The lowest BCUT2D eigenvalue weighted by Gasteiger charge is -2.15. The van der Waals surface area contributed by atoms with Crippen molar-refractivity contribution in [3.8, 4) is 24.3 Å². The van der Waals surface area contributed by atoms with Crippen molar-refractivity contribution in [1.82, 2.24) is 9.97 Å². The van der Waals surface area contributed by atoms with Crippen LogP contribution in [0.15, 0.2) is 97.3 Å². The fraction of sp³-hybridized carbons (Fsp3) is 0. The molecule has 2 aromatic heterocycles. The van der Waals surface area contributed by atoms with E-state index >= 15 is 0 Å². The number of rotatable bonds is 4. The van der Waals surface area contributed by atoms with Gasteiger partial charge in [0.15, 0.2) is 11.4 Å². The molecular formula is C44H16N10. The van der Waals surface area contributed by atoms with Crippen molar-refractivity contribution >= 4 is 56.2 Å². The van der Waals surface area contributed by atoms with Crippen LogP contribution in [-0.4, -0.2) is 9.97 Å². The summed E-state index contributed by atoms with van der Waals surface area (Å²) in [5.74, 6) is 0. The summed E-state index contributed by atoms with van der Waals surface area (Å²) in [5, 5.41) is 41.2. The fourth-order valence-corrected chi connectivity index (χ4v) is 6.75. The van der Waals surface area contributed by atoms with Gasteiger partial charge in [0.25, 0.3) is 0 Å². The van der Waals surface area contributed by atoms with Crippen molar-refractivity contribution < 1.29 is 0 Å². The maximum atomic E-state index is 10.9. The predicted molar refractivity (Wildman–Crippen MR) is 201 cm³/mol. The van der Waals surface area contributed by atoms with Crippen molar-refractivity contribution in [1.29, 1.82) is 21.0 Å². The van der Waals surface area contributed by atoms with Gasteiger partial charge < -0.3 is 0 Å². The third-order valence-corrected chi connectivity index (χ3v) is 8.90. The molecule has 5 aromatic rings. The Balaban J connectivity index is 1.66. The zero-order chi connectivity index (χ0) is 37.9. The second-order valence-electron chi connectivity index (χ2n) is 11.8. The highest BCUT2D eigenvalue weighted by atomic mass is 14.7. The van der Waals surface area contributed by atoms with Crippen molar-refractivity contribution in [3.05, 3.63) is 199 Å². The number of pyridine rings is 2. The minimum atomic E-state index is 0.0505. The Hall–Kier alpha value is -9.16. The Kier molecular flexibility index (Phi) is 8.41. The van der Waals surface area contributed by atoms with E-state index in [-0.39, 0.29) is 56.2 Å². The van der Waals surface area contributed by atoms with Crippen LogP contribution in [0.25, 0.3) is 64.2 Å². The minimum absolute atomic E-state index is 0.0505. The molecule has 0 fully saturated rings. The van der Waals surface area contributed by atoms with Crippen molar-refractivity contribution in [2.24, 2.45) is 0 Å². The molecule has 0 N–H and O–H groups in total. The summed E-state index contributed by atoms with van der Waals surface area (Å²) >= 11 is 0. The van der Waals surface area contributed by atoms with Gasteiger partial charge in [0, 0.05) is 23.5 Å². The van der Waals surface area contributed by atoms with Crippen molar-refractivity contribution in [2.45, 2.75) is 0 Å². The van der Waals surface area contributed by atoms with Gasteiger partial charge in [-0.2, -0.15) is 21.0 Å². The average molecular weight is 685 g/mol. The highest BCUT2D eigenvalue weighted by Gasteiger charge is 2.38. The number of nitrogens with zero attached hydrogens (tertiary/aromatic N) is 10. The van der Waals surface area contributed by atoms with Crippen molar-refractivity contribution in [3.63, 3.8) is 0 Å². The van der Waals surface area contributed by atoms with Crippen LogP contribution in [0.4, 0.5) is 11.4 Å². The van der Waals surface area contributed by atoms with E-state index in [0.29, 0.717) is 55.9 Å². The first-order valence-electron chi connectivity index (χ1n) is 15.8. The summed E-state index contributed by atoms with van der Waals surface area (Å²) in [7, 11) is 0. The molecule has 0 bridgehead atoms. The summed E-state index contributed by atoms with van der Waals surface area (Å²) < 4.78 is 0. The first-order chi connectivity index (χ1) is 26.4. The Labute approximate surface area is 309 Å². The highest BCUT2D eigenvalue weighted by Crippen LogP contribution is 2.56. The summed E-state index contributed by atoms with van der Waals surface area (Å²) in [6, 6.07) is 31.4. The summed E-state index contributed by atoms with van der Waals surface area (Å²) in [6.45, 7) is 32.1. The summed E-state index contributed by atoms with van der Waals surface area (Å²) in [6.07, 6.45) is 3.13.